The van der Waals surface area contributed by atoms with E-state index in [0.29, 0.717) is 31.6 Å². The average Bonchev–Trinajstić information content (AvgIpc) is 2.39. The van der Waals surface area contributed by atoms with Gasteiger partial charge in [0.25, 0.3) is 0 Å². The van der Waals surface area contributed by atoms with Gasteiger partial charge in [0.15, 0.2) is 0 Å². The van der Waals surface area contributed by atoms with Crippen molar-refractivity contribution in [1.29, 1.82) is 0 Å². The Morgan fingerprint density at radius 1 is 1.58 bits per heavy atom. The highest BCUT2D eigenvalue weighted by molar-refractivity contribution is 5.82. The summed E-state index contributed by atoms with van der Waals surface area (Å²) in [6.45, 7) is 3.58. The van der Waals surface area contributed by atoms with Crippen LogP contribution in [-0.4, -0.2) is 41.6 Å². The van der Waals surface area contributed by atoms with Crippen LogP contribution in [0.3, 0.4) is 0 Å². The number of hydrogen-bond acceptors (Lipinski definition) is 3. The van der Waals surface area contributed by atoms with Gasteiger partial charge in [0.1, 0.15) is 5.82 Å². The molecule has 104 valence electrons. The fourth-order valence-corrected chi connectivity index (χ4v) is 2.47. The first kappa shape index (κ1) is 14.0. The van der Waals surface area contributed by atoms with Crippen LogP contribution in [0.1, 0.15) is 25.0 Å². The van der Waals surface area contributed by atoms with Crippen LogP contribution in [0.5, 0.6) is 0 Å². The van der Waals surface area contributed by atoms with Crippen LogP contribution < -0.4 is 5.32 Å². The fourth-order valence-electron chi connectivity index (χ4n) is 2.47. The van der Waals surface area contributed by atoms with E-state index in [4.69, 9.17) is 0 Å². The number of rotatable bonds is 4. The fraction of sp³-hybridized carbons (Fsp3) is 0.500. The SMILES string of the molecule is CC[C@@H]1C(=O)NCCN1C[C@H](O)c1cccc(F)c1. The summed E-state index contributed by atoms with van der Waals surface area (Å²) in [5.41, 5.74) is 0.542. The molecule has 0 saturated carbocycles. The molecule has 2 atom stereocenters. The highest BCUT2D eigenvalue weighted by Crippen LogP contribution is 2.18. The average molecular weight is 266 g/mol. The summed E-state index contributed by atoms with van der Waals surface area (Å²) in [6.07, 6.45) is -0.0857. The third-order valence-corrected chi connectivity index (χ3v) is 3.47. The minimum Gasteiger partial charge on any atom is -0.387 e. The minimum absolute atomic E-state index is 0.000178. The van der Waals surface area contributed by atoms with Crippen LogP contribution in [0.15, 0.2) is 24.3 Å². The van der Waals surface area contributed by atoms with Gasteiger partial charge in [-0.05, 0) is 24.1 Å². The molecule has 1 aromatic carbocycles. The first-order valence-electron chi connectivity index (χ1n) is 6.57. The topological polar surface area (TPSA) is 52.6 Å². The lowest BCUT2D eigenvalue weighted by molar-refractivity contribution is -0.129. The van der Waals surface area contributed by atoms with Crippen molar-refractivity contribution in [2.75, 3.05) is 19.6 Å². The van der Waals surface area contributed by atoms with Crippen LogP contribution in [0.2, 0.25) is 0 Å². The Kier molecular flexibility index (Phi) is 4.50. The van der Waals surface area contributed by atoms with E-state index in [0.717, 1.165) is 0 Å². The molecule has 0 aromatic heterocycles. The number of halogens is 1. The predicted molar refractivity (Wildman–Crippen MR) is 70.0 cm³/mol. The van der Waals surface area contributed by atoms with E-state index in [1.165, 1.54) is 12.1 Å². The molecule has 4 nitrogen and oxygen atoms in total. The van der Waals surface area contributed by atoms with Gasteiger partial charge < -0.3 is 10.4 Å². The predicted octanol–water partition coefficient (Wildman–Crippen LogP) is 1.07. The molecular formula is C14H19FN2O2. The van der Waals surface area contributed by atoms with Gasteiger partial charge in [0, 0.05) is 19.6 Å². The van der Waals surface area contributed by atoms with Crippen molar-refractivity contribution >= 4 is 5.91 Å². The van der Waals surface area contributed by atoms with Gasteiger partial charge in [-0.25, -0.2) is 4.39 Å². The second-order valence-electron chi connectivity index (χ2n) is 4.78. The maximum absolute atomic E-state index is 13.1. The molecule has 2 N–H and O–H groups in total. The Labute approximate surface area is 112 Å². The standard InChI is InChI=1S/C14H19FN2O2/c1-2-12-14(19)16-6-7-17(12)9-13(18)10-4-3-5-11(15)8-10/h3-5,8,12-13,18H,2,6-7,9H2,1H3,(H,16,19)/t12-,13+/m1/s1. The Bertz CT molecular complexity index is 453. The molecule has 1 fully saturated rings. The number of carbonyl (C=O) groups is 1. The molecule has 0 bridgehead atoms. The maximum atomic E-state index is 13.1. The summed E-state index contributed by atoms with van der Waals surface area (Å²) in [5.74, 6) is -0.361. The second kappa shape index (κ2) is 6.12. The number of nitrogens with one attached hydrogen (secondary N) is 1. The van der Waals surface area contributed by atoms with Gasteiger partial charge in [-0.1, -0.05) is 19.1 Å². The molecule has 1 aliphatic heterocycles. The highest BCUT2D eigenvalue weighted by Gasteiger charge is 2.29. The summed E-state index contributed by atoms with van der Waals surface area (Å²) in [7, 11) is 0. The number of aliphatic hydroxyl groups excluding tert-OH is 1. The second-order valence-corrected chi connectivity index (χ2v) is 4.78. The molecule has 0 spiro atoms. The molecule has 0 unspecified atom stereocenters. The lowest BCUT2D eigenvalue weighted by Gasteiger charge is -2.35. The number of nitrogens with zero attached hydrogens (tertiary/aromatic N) is 1. The van der Waals surface area contributed by atoms with E-state index in [9.17, 15) is 14.3 Å². The zero-order chi connectivity index (χ0) is 13.8. The van der Waals surface area contributed by atoms with Gasteiger partial charge in [0.05, 0.1) is 12.1 Å². The molecule has 2 rings (SSSR count). The monoisotopic (exact) mass is 266 g/mol. The molecule has 19 heavy (non-hydrogen) atoms. The van der Waals surface area contributed by atoms with Crippen LogP contribution in [-0.2, 0) is 4.79 Å². The number of aliphatic hydroxyl groups is 1. The quantitative estimate of drug-likeness (QED) is 0.857. The summed E-state index contributed by atoms with van der Waals surface area (Å²) in [5, 5.41) is 13.0. The molecule has 1 saturated heterocycles. The molecule has 0 radical (unpaired) electrons. The Morgan fingerprint density at radius 3 is 3.05 bits per heavy atom. The van der Waals surface area contributed by atoms with E-state index in [1.54, 1.807) is 12.1 Å². The summed E-state index contributed by atoms with van der Waals surface area (Å²) >= 11 is 0. The highest BCUT2D eigenvalue weighted by atomic mass is 19.1. The molecule has 1 aromatic rings. The summed E-state index contributed by atoms with van der Waals surface area (Å²) < 4.78 is 13.1. The molecule has 1 aliphatic rings. The molecular weight excluding hydrogens is 247 g/mol. The minimum atomic E-state index is -0.782. The van der Waals surface area contributed by atoms with Crippen LogP contribution in [0.25, 0.3) is 0 Å². The van der Waals surface area contributed by atoms with E-state index < -0.39 is 6.10 Å². The van der Waals surface area contributed by atoms with Gasteiger partial charge in [-0.15, -0.1) is 0 Å². The Balaban J connectivity index is 2.05. The van der Waals surface area contributed by atoms with Crippen LogP contribution in [0, 0.1) is 5.82 Å². The maximum Gasteiger partial charge on any atom is 0.237 e. The van der Waals surface area contributed by atoms with Crippen LogP contribution in [0.4, 0.5) is 4.39 Å². The van der Waals surface area contributed by atoms with Crippen molar-refractivity contribution in [1.82, 2.24) is 10.2 Å². The third-order valence-electron chi connectivity index (χ3n) is 3.47. The zero-order valence-electron chi connectivity index (χ0n) is 11.0. The van der Waals surface area contributed by atoms with E-state index in [-0.39, 0.29) is 17.8 Å². The van der Waals surface area contributed by atoms with Crippen molar-refractivity contribution in [3.8, 4) is 0 Å². The van der Waals surface area contributed by atoms with Crippen molar-refractivity contribution in [2.45, 2.75) is 25.5 Å². The van der Waals surface area contributed by atoms with E-state index >= 15 is 0 Å². The van der Waals surface area contributed by atoms with Crippen LogP contribution >= 0.6 is 0 Å². The van der Waals surface area contributed by atoms with Gasteiger partial charge in [-0.3, -0.25) is 9.69 Å². The number of hydrogen-bond donors (Lipinski definition) is 2. The van der Waals surface area contributed by atoms with Gasteiger partial charge in [-0.2, -0.15) is 0 Å². The number of carbonyl (C=O) groups excluding carboxylic acids is 1. The molecule has 1 amide bonds. The number of amides is 1. The molecule has 1 heterocycles. The summed E-state index contributed by atoms with van der Waals surface area (Å²) in [6, 6.07) is 5.74. The Hall–Kier alpha value is -1.46. The third kappa shape index (κ3) is 3.30. The number of β-amino-alcohol motifs (C(OH)–C–C–N with tert-alkyl or cyclic N) is 1. The smallest absolute Gasteiger partial charge is 0.237 e. The van der Waals surface area contributed by atoms with E-state index in [2.05, 4.69) is 5.32 Å². The lowest BCUT2D eigenvalue weighted by atomic mass is 10.1. The Morgan fingerprint density at radius 2 is 2.37 bits per heavy atom. The largest absolute Gasteiger partial charge is 0.387 e. The van der Waals surface area contributed by atoms with E-state index in [1.807, 2.05) is 11.8 Å². The molecule has 0 aliphatic carbocycles. The first-order valence-corrected chi connectivity index (χ1v) is 6.57. The van der Waals surface area contributed by atoms with Gasteiger partial charge in [0.2, 0.25) is 5.91 Å². The lowest BCUT2D eigenvalue weighted by Crippen LogP contribution is -2.55. The van der Waals surface area contributed by atoms with Crippen molar-refractivity contribution in [3.05, 3.63) is 35.6 Å². The first-order chi connectivity index (χ1) is 9.11. The van der Waals surface area contributed by atoms with Crippen molar-refractivity contribution < 1.29 is 14.3 Å². The zero-order valence-corrected chi connectivity index (χ0v) is 11.0. The number of piperazine rings is 1. The van der Waals surface area contributed by atoms with Crippen molar-refractivity contribution in [3.63, 3.8) is 0 Å². The van der Waals surface area contributed by atoms with Gasteiger partial charge >= 0.3 is 0 Å². The van der Waals surface area contributed by atoms with Crippen molar-refractivity contribution in [2.24, 2.45) is 0 Å². The summed E-state index contributed by atoms with van der Waals surface area (Å²) in [4.78, 5) is 13.7. The normalized spacial score (nSPS) is 22.1. The number of benzene rings is 1. The molecule has 5 heteroatoms.